The molecule has 88 valence electrons. The lowest BCUT2D eigenvalue weighted by atomic mass is 10.3. The van der Waals surface area contributed by atoms with Crippen LogP contribution in [0.25, 0.3) is 0 Å². The number of hydrogen-bond donors (Lipinski definition) is 1. The number of nitrogens with one attached hydrogen (secondary N) is 1. The monoisotopic (exact) mass is 297 g/mol. The predicted octanol–water partition coefficient (Wildman–Crippen LogP) is 3.21. The van der Waals surface area contributed by atoms with Gasteiger partial charge in [0.25, 0.3) is 0 Å². The highest BCUT2D eigenvalue weighted by Gasteiger charge is 2.06. The molecule has 0 aliphatic heterocycles. The molecular weight excluding hydrogens is 289 g/mol. The van der Waals surface area contributed by atoms with E-state index in [4.69, 9.17) is 4.74 Å². The SMILES string of the molecule is CNc1cc(Oc2ccc(Br)cc2F)ncn1. The van der Waals surface area contributed by atoms with E-state index in [2.05, 4.69) is 31.2 Å². The Morgan fingerprint density at radius 1 is 1.29 bits per heavy atom. The Balaban J connectivity index is 2.25. The third-order valence-electron chi connectivity index (χ3n) is 2.01. The second kappa shape index (κ2) is 5.09. The first kappa shape index (κ1) is 11.8. The van der Waals surface area contributed by atoms with Crippen molar-refractivity contribution in [2.75, 3.05) is 12.4 Å². The van der Waals surface area contributed by atoms with E-state index >= 15 is 0 Å². The summed E-state index contributed by atoms with van der Waals surface area (Å²) in [4.78, 5) is 7.83. The van der Waals surface area contributed by atoms with Crippen LogP contribution in [0.1, 0.15) is 0 Å². The fourth-order valence-corrected chi connectivity index (χ4v) is 1.54. The minimum atomic E-state index is -0.455. The molecule has 0 fully saturated rings. The van der Waals surface area contributed by atoms with Crippen molar-refractivity contribution in [1.29, 1.82) is 0 Å². The van der Waals surface area contributed by atoms with Gasteiger partial charge in [0.1, 0.15) is 12.1 Å². The largest absolute Gasteiger partial charge is 0.436 e. The van der Waals surface area contributed by atoms with Crippen LogP contribution in [0.2, 0.25) is 0 Å². The average molecular weight is 298 g/mol. The lowest BCUT2D eigenvalue weighted by molar-refractivity contribution is 0.426. The smallest absolute Gasteiger partial charge is 0.224 e. The lowest BCUT2D eigenvalue weighted by Gasteiger charge is -2.06. The van der Waals surface area contributed by atoms with Gasteiger partial charge in [-0.25, -0.2) is 14.4 Å². The molecule has 0 amide bonds. The number of aromatic nitrogens is 2. The van der Waals surface area contributed by atoms with Crippen LogP contribution < -0.4 is 10.1 Å². The van der Waals surface area contributed by atoms with Gasteiger partial charge in [-0.15, -0.1) is 0 Å². The van der Waals surface area contributed by atoms with E-state index in [0.717, 1.165) is 0 Å². The van der Waals surface area contributed by atoms with Crippen molar-refractivity contribution in [2.45, 2.75) is 0 Å². The molecule has 0 aliphatic rings. The van der Waals surface area contributed by atoms with E-state index in [-0.39, 0.29) is 11.6 Å². The van der Waals surface area contributed by atoms with Crippen molar-refractivity contribution in [2.24, 2.45) is 0 Å². The molecule has 4 nitrogen and oxygen atoms in total. The quantitative estimate of drug-likeness (QED) is 0.945. The van der Waals surface area contributed by atoms with Crippen LogP contribution in [0, 0.1) is 5.82 Å². The van der Waals surface area contributed by atoms with Gasteiger partial charge in [-0.05, 0) is 18.2 Å². The fraction of sp³-hybridized carbons (Fsp3) is 0.0909. The summed E-state index contributed by atoms with van der Waals surface area (Å²) >= 11 is 3.17. The van der Waals surface area contributed by atoms with Gasteiger partial charge in [0.15, 0.2) is 11.6 Å². The van der Waals surface area contributed by atoms with Crippen molar-refractivity contribution in [1.82, 2.24) is 9.97 Å². The zero-order valence-electron chi connectivity index (χ0n) is 8.95. The Kier molecular flexibility index (Phi) is 3.53. The van der Waals surface area contributed by atoms with Crippen LogP contribution in [0.5, 0.6) is 11.6 Å². The van der Waals surface area contributed by atoms with Gasteiger partial charge in [0.05, 0.1) is 0 Å². The van der Waals surface area contributed by atoms with Crippen molar-refractivity contribution in [3.63, 3.8) is 0 Å². The summed E-state index contributed by atoms with van der Waals surface area (Å²) in [6.45, 7) is 0. The Bertz CT molecular complexity index is 536. The van der Waals surface area contributed by atoms with Gasteiger partial charge in [-0.3, -0.25) is 0 Å². The van der Waals surface area contributed by atoms with E-state index in [1.165, 1.54) is 18.5 Å². The molecule has 0 aliphatic carbocycles. The number of anilines is 1. The van der Waals surface area contributed by atoms with Crippen LogP contribution in [-0.2, 0) is 0 Å². The van der Waals surface area contributed by atoms with E-state index in [1.54, 1.807) is 19.2 Å². The summed E-state index contributed by atoms with van der Waals surface area (Å²) in [7, 11) is 1.73. The van der Waals surface area contributed by atoms with E-state index in [1.807, 2.05) is 0 Å². The van der Waals surface area contributed by atoms with E-state index in [0.29, 0.717) is 10.3 Å². The van der Waals surface area contributed by atoms with Gasteiger partial charge in [-0.1, -0.05) is 15.9 Å². The first-order chi connectivity index (χ1) is 8.19. The number of halogens is 2. The first-order valence-electron chi connectivity index (χ1n) is 4.82. The molecule has 1 aromatic carbocycles. The van der Waals surface area contributed by atoms with Gasteiger partial charge in [0.2, 0.25) is 5.88 Å². The van der Waals surface area contributed by atoms with Crippen LogP contribution >= 0.6 is 15.9 Å². The van der Waals surface area contributed by atoms with Crippen molar-refractivity contribution >= 4 is 21.7 Å². The lowest BCUT2D eigenvalue weighted by Crippen LogP contribution is -1.96. The molecule has 1 heterocycles. The number of nitrogens with zero attached hydrogens (tertiary/aromatic N) is 2. The maximum atomic E-state index is 13.5. The molecule has 0 bridgehead atoms. The maximum Gasteiger partial charge on any atom is 0.224 e. The number of rotatable bonds is 3. The zero-order chi connectivity index (χ0) is 12.3. The first-order valence-corrected chi connectivity index (χ1v) is 5.61. The number of benzene rings is 1. The van der Waals surface area contributed by atoms with Crippen LogP contribution in [0.15, 0.2) is 35.1 Å². The maximum absolute atomic E-state index is 13.5. The Labute approximate surface area is 106 Å². The molecule has 0 radical (unpaired) electrons. The van der Waals surface area contributed by atoms with Gasteiger partial charge < -0.3 is 10.1 Å². The van der Waals surface area contributed by atoms with Crippen molar-refractivity contribution in [3.05, 3.63) is 40.9 Å². The topological polar surface area (TPSA) is 47.0 Å². The number of ether oxygens (including phenoxy) is 1. The molecule has 0 atom stereocenters. The van der Waals surface area contributed by atoms with E-state index in [9.17, 15) is 4.39 Å². The van der Waals surface area contributed by atoms with E-state index < -0.39 is 5.82 Å². The Morgan fingerprint density at radius 2 is 2.12 bits per heavy atom. The molecule has 2 rings (SSSR count). The molecular formula is C11H9BrFN3O. The summed E-state index contributed by atoms with van der Waals surface area (Å²) in [5.74, 6) is 0.552. The molecule has 6 heteroatoms. The normalized spacial score (nSPS) is 10.1. The summed E-state index contributed by atoms with van der Waals surface area (Å²) in [5, 5.41) is 2.84. The molecule has 0 unspecified atom stereocenters. The van der Waals surface area contributed by atoms with Crippen LogP contribution in [0.4, 0.5) is 10.2 Å². The second-order valence-electron chi connectivity index (χ2n) is 3.17. The molecule has 1 aromatic heterocycles. The minimum absolute atomic E-state index is 0.119. The number of hydrogen-bond acceptors (Lipinski definition) is 4. The summed E-state index contributed by atoms with van der Waals surface area (Å²) in [6.07, 6.45) is 1.35. The molecule has 0 spiro atoms. The third-order valence-corrected chi connectivity index (χ3v) is 2.50. The molecule has 0 saturated carbocycles. The zero-order valence-corrected chi connectivity index (χ0v) is 10.5. The average Bonchev–Trinajstić information content (AvgIpc) is 2.33. The highest BCUT2D eigenvalue weighted by atomic mass is 79.9. The second-order valence-corrected chi connectivity index (χ2v) is 4.08. The predicted molar refractivity (Wildman–Crippen MR) is 65.8 cm³/mol. The standard InChI is InChI=1S/C11H9BrFN3O/c1-14-10-5-11(16-6-15-10)17-9-3-2-7(12)4-8(9)13/h2-6H,1H3,(H,14,15,16). The van der Waals surface area contributed by atoms with Crippen molar-refractivity contribution < 1.29 is 9.13 Å². The van der Waals surface area contributed by atoms with Gasteiger partial charge in [-0.2, -0.15) is 0 Å². The highest BCUT2D eigenvalue weighted by molar-refractivity contribution is 9.10. The fourth-order valence-electron chi connectivity index (χ4n) is 1.20. The third kappa shape index (κ3) is 2.91. The Hall–Kier alpha value is -1.69. The summed E-state index contributed by atoms with van der Waals surface area (Å²) in [5.41, 5.74) is 0. The molecule has 2 aromatic rings. The van der Waals surface area contributed by atoms with Gasteiger partial charge >= 0.3 is 0 Å². The highest BCUT2D eigenvalue weighted by Crippen LogP contribution is 2.26. The molecule has 17 heavy (non-hydrogen) atoms. The Morgan fingerprint density at radius 3 is 2.82 bits per heavy atom. The molecule has 1 N–H and O–H groups in total. The minimum Gasteiger partial charge on any atom is -0.436 e. The summed E-state index contributed by atoms with van der Waals surface area (Å²) < 4.78 is 19.5. The van der Waals surface area contributed by atoms with Crippen LogP contribution in [0.3, 0.4) is 0 Å². The summed E-state index contributed by atoms with van der Waals surface area (Å²) in [6, 6.07) is 6.14. The van der Waals surface area contributed by atoms with Gasteiger partial charge in [0, 0.05) is 17.6 Å². The van der Waals surface area contributed by atoms with Crippen molar-refractivity contribution in [3.8, 4) is 11.6 Å². The molecule has 0 saturated heterocycles. The van der Waals surface area contributed by atoms with Crippen LogP contribution in [-0.4, -0.2) is 17.0 Å².